The van der Waals surface area contributed by atoms with Crippen LogP contribution in [-0.4, -0.2) is 43.7 Å². The third kappa shape index (κ3) is 3.95. The van der Waals surface area contributed by atoms with E-state index in [1.807, 2.05) is 19.1 Å². The van der Waals surface area contributed by atoms with Gasteiger partial charge in [0.15, 0.2) is 0 Å². The fourth-order valence-corrected chi connectivity index (χ4v) is 2.52. The molecule has 0 unspecified atom stereocenters. The molecule has 1 aliphatic rings. The first-order valence-corrected chi connectivity index (χ1v) is 6.99. The number of amides is 1. The van der Waals surface area contributed by atoms with E-state index in [9.17, 15) is 4.79 Å². The van der Waals surface area contributed by atoms with E-state index in [4.69, 9.17) is 10.5 Å². The van der Waals surface area contributed by atoms with E-state index in [2.05, 4.69) is 10.2 Å². The van der Waals surface area contributed by atoms with E-state index in [0.717, 1.165) is 37.2 Å². The summed E-state index contributed by atoms with van der Waals surface area (Å²) >= 11 is 0. The maximum atomic E-state index is 12.1. The number of aryl methyl sites for hydroxylation is 1. The topological polar surface area (TPSA) is 67.6 Å². The summed E-state index contributed by atoms with van der Waals surface area (Å²) in [6, 6.07) is 5.51. The number of methoxy groups -OCH3 is 1. The van der Waals surface area contributed by atoms with Gasteiger partial charge in [-0.2, -0.15) is 0 Å². The monoisotopic (exact) mass is 277 g/mol. The summed E-state index contributed by atoms with van der Waals surface area (Å²) in [6.07, 6.45) is 2.32. The van der Waals surface area contributed by atoms with Gasteiger partial charge in [0.25, 0.3) is 0 Å². The summed E-state index contributed by atoms with van der Waals surface area (Å²) in [5, 5.41) is 2.94. The van der Waals surface area contributed by atoms with Gasteiger partial charge in [0.1, 0.15) is 0 Å². The molecule has 0 bridgehead atoms. The number of hydrogen-bond acceptors (Lipinski definition) is 4. The minimum Gasteiger partial charge on any atom is -0.399 e. The Balaban J connectivity index is 1.84. The number of likely N-dealkylation sites (tertiary alicyclic amines) is 1. The van der Waals surface area contributed by atoms with Crippen molar-refractivity contribution in [2.45, 2.75) is 25.9 Å². The molecule has 110 valence electrons. The molecule has 1 aliphatic heterocycles. The summed E-state index contributed by atoms with van der Waals surface area (Å²) in [5.41, 5.74) is 8.22. The van der Waals surface area contributed by atoms with Gasteiger partial charge in [0.2, 0.25) is 5.91 Å². The Labute approximate surface area is 120 Å². The van der Waals surface area contributed by atoms with Gasteiger partial charge in [0, 0.05) is 31.6 Å². The lowest BCUT2D eigenvalue weighted by atomic mass is 10.1. The molecule has 1 amide bonds. The number of ether oxygens (including phenoxy) is 1. The van der Waals surface area contributed by atoms with E-state index < -0.39 is 0 Å². The Morgan fingerprint density at radius 2 is 2.15 bits per heavy atom. The Bertz CT molecular complexity index is 468. The van der Waals surface area contributed by atoms with Gasteiger partial charge in [0.05, 0.1) is 12.6 Å². The van der Waals surface area contributed by atoms with Crippen LogP contribution in [0.2, 0.25) is 0 Å². The van der Waals surface area contributed by atoms with Crippen LogP contribution in [0.25, 0.3) is 0 Å². The van der Waals surface area contributed by atoms with Crippen LogP contribution in [0, 0.1) is 6.92 Å². The fraction of sp³-hybridized carbons (Fsp3) is 0.533. The Kier molecular flexibility index (Phi) is 4.98. The number of nitrogen functional groups attached to an aromatic ring is 1. The Hall–Kier alpha value is -1.59. The molecular weight excluding hydrogens is 254 g/mol. The highest BCUT2D eigenvalue weighted by Gasteiger charge is 2.20. The molecule has 1 aromatic carbocycles. The third-order valence-corrected chi connectivity index (χ3v) is 3.76. The zero-order valence-electron chi connectivity index (χ0n) is 12.2. The van der Waals surface area contributed by atoms with Crippen LogP contribution in [0.15, 0.2) is 18.2 Å². The maximum Gasteiger partial charge on any atom is 0.238 e. The molecular formula is C15H23N3O2. The average Bonchev–Trinajstić information content (AvgIpc) is 2.43. The minimum absolute atomic E-state index is 0.0220. The number of anilines is 2. The van der Waals surface area contributed by atoms with E-state index in [0.29, 0.717) is 18.3 Å². The predicted molar refractivity (Wildman–Crippen MR) is 80.7 cm³/mol. The maximum absolute atomic E-state index is 12.1. The number of carbonyl (C=O) groups excluding carboxylic acids is 1. The molecule has 1 heterocycles. The number of hydrogen-bond donors (Lipinski definition) is 2. The Morgan fingerprint density at radius 1 is 1.45 bits per heavy atom. The molecule has 0 atom stereocenters. The molecule has 1 aromatic rings. The molecule has 1 saturated heterocycles. The van der Waals surface area contributed by atoms with Crippen molar-refractivity contribution in [3.05, 3.63) is 23.8 Å². The zero-order valence-corrected chi connectivity index (χ0v) is 12.2. The second-order valence-electron chi connectivity index (χ2n) is 5.33. The highest BCUT2D eigenvalue weighted by molar-refractivity contribution is 5.93. The van der Waals surface area contributed by atoms with E-state index >= 15 is 0 Å². The van der Waals surface area contributed by atoms with Gasteiger partial charge in [-0.25, -0.2) is 0 Å². The normalized spacial score (nSPS) is 17.1. The highest BCUT2D eigenvalue weighted by Crippen LogP contribution is 2.18. The van der Waals surface area contributed by atoms with Crippen LogP contribution in [0.5, 0.6) is 0 Å². The first-order valence-electron chi connectivity index (χ1n) is 6.99. The molecule has 2 rings (SSSR count). The number of benzene rings is 1. The van der Waals surface area contributed by atoms with Gasteiger partial charge < -0.3 is 15.8 Å². The summed E-state index contributed by atoms with van der Waals surface area (Å²) in [6.45, 7) is 4.19. The van der Waals surface area contributed by atoms with Crippen LogP contribution in [0.1, 0.15) is 18.4 Å². The van der Waals surface area contributed by atoms with Crippen molar-refractivity contribution in [3.8, 4) is 0 Å². The molecule has 0 spiro atoms. The van der Waals surface area contributed by atoms with Crippen LogP contribution in [0.3, 0.4) is 0 Å². The summed E-state index contributed by atoms with van der Waals surface area (Å²) in [5.74, 6) is 0.0220. The van der Waals surface area contributed by atoms with Crippen molar-refractivity contribution in [2.75, 3.05) is 37.8 Å². The summed E-state index contributed by atoms with van der Waals surface area (Å²) < 4.78 is 5.33. The van der Waals surface area contributed by atoms with E-state index in [1.165, 1.54) is 0 Å². The minimum atomic E-state index is 0.0220. The molecule has 5 nitrogen and oxygen atoms in total. The Morgan fingerprint density at radius 3 is 2.75 bits per heavy atom. The number of rotatable bonds is 4. The van der Waals surface area contributed by atoms with Crippen LogP contribution < -0.4 is 11.1 Å². The number of nitrogens with two attached hydrogens (primary N) is 1. The van der Waals surface area contributed by atoms with Gasteiger partial charge in [-0.1, -0.05) is 0 Å². The van der Waals surface area contributed by atoms with Crippen LogP contribution >= 0.6 is 0 Å². The third-order valence-electron chi connectivity index (χ3n) is 3.76. The highest BCUT2D eigenvalue weighted by atomic mass is 16.5. The second-order valence-corrected chi connectivity index (χ2v) is 5.33. The zero-order chi connectivity index (χ0) is 14.5. The molecule has 0 radical (unpaired) electrons. The van der Waals surface area contributed by atoms with Gasteiger partial charge >= 0.3 is 0 Å². The van der Waals surface area contributed by atoms with Crippen molar-refractivity contribution >= 4 is 17.3 Å². The summed E-state index contributed by atoms with van der Waals surface area (Å²) in [4.78, 5) is 14.2. The largest absolute Gasteiger partial charge is 0.399 e. The van der Waals surface area contributed by atoms with Gasteiger partial charge in [-0.05, 0) is 43.5 Å². The smallest absolute Gasteiger partial charge is 0.238 e. The van der Waals surface area contributed by atoms with Crippen molar-refractivity contribution in [1.29, 1.82) is 0 Å². The number of carbonyl (C=O) groups is 1. The van der Waals surface area contributed by atoms with Crippen molar-refractivity contribution < 1.29 is 9.53 Å². The number of nitrogens with one attached hydrogen (secondary N) is 1. The molecule has 0 aliphatic carbocycles. The molecule has 3 N–H and O–H groups in total. The SMILES string of the molecule is COC1CCN(CC(=O)Nc2ccc(N)cc2C)CC1. The molecule has 0 saturated carbocycles. The lowest BCUT2D eigenvalue weighted by molar-refractivity contribution is -0.117. The fourth-order valence-electron chi connectivity index (χ4n) is 2.52. The van der Waals surface area contributed by atoms with Crippen LogP contribution in [-0.2, 0) is 9.53 Å². The van der Waals surface area contributed by atoms with Crippen LogP contribution in [0.4, 0.5) is 11.4 Å². The molecule has 5 heteroatoms. The van der Waals surface area contributed by atoms with E-state index in [-0.39, 0.29) is 5.91 Å². The van der Waals surface area contributed by atoms with Crippen molar-refractivity contribution in [1.82, 2.24) is 4.90 Å². The van der Waals surface area contributed by atoms with E-state index in [1.54, 1.807) is 13.2 Å². The van der Waals surface area contributed by atoms with Crippen molar-refractivity contribution in [2.24, 2.45) is 0 Å². The average molecular weight is 277 g/mol. The van der Waals surface area contributed by atoms with Crippen molar-refractivity contribution in [3.63, 3.8) is 0 Å². The second kappa shape index (κ2) is 6.72. The number of piperidine rings is 1. The first kappa shape index (κ1) is 14.8. The first-order chi connectivity index (χ1) is 9.58. The standard InChI is InChI=1S/C15H23N3O2/c1-11-9-12(16)3-4-14(11)17-15(19)10-18-7-5-13(20-2)6-8-18/h3-4,9,13H,5-8,10,16H2,1-2H3,(H,17,19). The van der Waals surface area contributed by atoms with Gasteiger partial charge in [-0.15, -0.1) is 0 Å². The quantitative estimate of drug-likeness (QED) is 0.821. The summed E-state index contributed by atoms with van der Waals surface area (Å²) in [7, 11) is 1.75. The molecule has 20 heavy (non-hydrogen) atoms. The predicted octanol–water partition coefficient (Wildman–Crippen LogP) is 1.63. The molecule has 1 fully saturated rings. The lowest BCUT2D eigenvalue weighted by Crippen LogP contribution is -2.41. The van der Waals surface area contributed by atoms with Gasteiger partial charge in [-0.3, -0.25) is 9.69 Å². The lowest BCUT2D eigenvalue weighted by Gasteiger charge is -2.30. The molecule has 0 aromatic heterocycles. The number of nitrogens with zero attached hydrogens (tertiary/aromatic N) is 1.